The van der Waals surface area contributed by atoms with Crippen LogP contribution in [0.15, 0.2) is 47.0 Å². The topological polar surface area (TPSA) is 115 Å². The van der Waals surface area contributed by atoms with Gasteiger partial charge in [-0.3, -0.25) is 4.79 Å². The van der Waals surface area contributed by atoms with Crippen molar-refractivity contribution in [1.82, 2.24) is 4.90 Å². The number of ether oxygens (including phenoxy) is 3. The average molecular weight is 369 g/mol. The lowest BCUT2D eigenvalue weighted by Crippen LogP contribution is -2.46. The highest BCUT2D eigenvalue weighted by molar-refractivity contribution is 6.12. The van der Waals surface area contributed by atoms with Gasteiger partial charge in [0.05, 0.1) is 12.2 Å². The molecule has 2 heterocycles. The quantitative estimate of drug-likeness (QED) is 0.620. The second-order valence-corrected chi connectivity index (χ2v) is 6.15. The normalized spacial score (nSPS) is 21.3. The van der Waals surface area contributed by atoms with Gasteiger partial charge in [-0.25, -0.2) is 4.79 Å². The van der Waals surface area contributed by atoms with Gasteiger partial charge in [0.25, 0.3) is 0 Å². The fourth-order valence-corrected chi connectivity index (χ4v) is 3.52. The number of amides is 1. The lowest BCUT2D eigenvalue weighted by Gasteiger charge is -2.34. The van der Waals surface area contributed by atoms with Crippen molar-refractivity contribution < 1.29 is 23.8 Å². The predicted octanol–water partition coefficient (Wildman–Crippen LogP) is 0.946. The van der Waals surface area contributed by atoms with Gasteiger partial charge in [0.15, 0.2) is 5.41 Å². The first-order chi connectivity index (χ1) is 12.9. The zero-order valence-electron chi connectivity index (χ0n) is 15.2. The number of allylic oxidation sites excluding steroid dienone is 1. The van der Waals surface area contributed by atoms with Crippen molar-refractivity contribution in [1.29, 1.82) is 5.26 Å². The zero-order chi connectivity index (χ0) is 19.8. The minimum atomic E-state index is -1.70. The first kappa shape index (κ1) is 18.5. The van der Waals surface area contributed by atoms with Crippen LogP contribution >= 0.6 is 0 Å². The molecule has 2 N–H and O–H groups in total. The van der Waals surface area contributed by atoms with E-state index in [0.29, 0.717) is 17.0 Å². The Kier molecular flexibility index (Phi) is 4.64. The number of fused-ring (bicyclic) bond motifs is 2. The molecular weight excluding hydrogens is 350 g/mol. The summed E-state index contributed by atoms with van der Waals surface area (Å²) in [5.74, 6) is -1.07. The van der Waals surface area contributed by atoms with Crippen molar-refractivity contribution in [2.75, 3.05) is 27.4 Å². The molecule has 1 spiro atoms. The van der Waals surface area contributed by atoms with Crippen LogP contribution in [0.2, 0.25) is 0 Å². The second-order valence-electron chi connectivity index (χ2n) is 6.15. The van der Waals surface area contributed by atoms with Gasteiger partial charge in [-0.1, -0.05) is 18.2 Å². The number of rotatable bonds is 4. The van der Waals surface area contributed by atoms with Crippen LogP contribution in [0.5, 0.6) is 5.75 Å². The first-order valence-electron chi connectivity index (χ1n) is 8.24. The van der Waals surface area contributed by atoms with E-state index in [-0.39, 0.29) is 30.2 Å². The highest BCUT2D eigenvalue weighted by Crippen LogP contribution is 2.53. The lowest BCUT2D eigenvalue weighted by atomic mass is 9.68. The largest absolute Gasteiger partial charge is 0.460 e. The second kappa shape index (κ2) is 6.78. The van der Waals surface area contributed by atoms with E-state index in [4.69, 9.17) is 19.9 Å². The van der Waals surface area contributed by atoms with E-state index in [9.17, 15) is 14.9 Å². The Balaban J connectivity index is 2.28. The Hall–Kier alpha value is -3.31. The SMILES string of the molecule is COCCOC(=O)C1=C(C)N(C)C(=O)[C@]12C(C#N)=C(N)Oc1ccccc12. The minimum absolute atomic E-state index is 0.0132. The number of methoxy groups -OCH3 is 1. The summed E-state index contributed by atoms with van der Waals surface area (Å²) >= 11 is 0. The molecule has 8 heteroatoms. The summed E-state index contributed by atoms with van der Waals surface area (Å²) in [7, 11) is 3.02. The van der Waals surface area contributed by atoms with Crippen LogP contribution in [0, 0.1) is 11.3 Å². The molecule has 0 saturated carbocycles. The van der Waals surface area contributed by atoms with E-state index in [0.717, 1.165) is 0 Å². The van der Waals surface area contributed by atoms with E-state index < -0.39 is 17.3 Å². The standard InChI is InChI=1S/C19H19N3O5/c1-11-15(17(23)26-9-8-25-3)19(18(24)22(11)2)12-6-4-5-7-14(12)27-16(21)13(19)10-20/h4-7H,8-9,21H2,1-3H3/t19-/m1/s1. The maximum atomic E-state index is 13.4. The maximum absolute atomic E-state index is 13.4. The van der Waals surface area contributed by atoms with E-state index >= 15 is 0 Å². The molecule has 1 aromatic rings. The molecule has 140 valence electrons. The zero-order valence-corrected chi connectivity index (χ0v) is 15.2. The molecule has 0 aromatic heterocycles. The molecule has 27 heavy (non-hydrogen) atoms. The molecule has 0 radical (unpaired) electrons. The molecule has 0 unspecified atom stereocenters. The molecule has 1 atom stereocenters. The van der Waals surface area contributed by atoms with E-state index in [1.165, 1.54) is 19.1 Å². The monoisotopic (exact) mass is 369 g/mol. The number of nitrogens with zero attached hydrogens (tertiary/aromatic N) is 2. The first-order valence-corrected chi connectivity index (χ1v) is 8.24. The summed E-state index contributed by atoms with van der Waals surface area (Å²) in [6, 6.07) is 8.66. The number of nitrogens with two attached hydrogens (primary N) is 1. The predicted molar refractivity (Wildman–Crippen MR) is 93.9 cm³/mol. The molecule has 0 aliphatic carbocycles. The molecule has 1 amide bonds. The molecule has 2 aliphatic heterocycles. The van der Waals surface area contributed by atoms with Gasteiger partial charge in [0.1, 0.15) is 24.0 Å². The van der Waals surface area contributed by atoms with Crippen molar-refractivity contribution in [2.24, 2.45) is 5.73 Å². The third kappa shape index (κ3) is 2.47. The number of hydrogen-bond acceptors (Lipinski definition) is 7. The summed E-state index contributed by atoms with van der Waals surface area (Å²) in [6.45, 7) is 1.85. The van der Waals surface area contributed by atoms with Gasteiger partial charge < -0.3 is 24.8 Å². The highest BCUT2D eigenvalue weighted by atomic mass is 16.6. The summed E-state index contributed by atoms with van der Waals surface area (Å²) in [6.07, 6.45) is 0. The minimum Gasteiger partial charge on any atom is -0.460 e. The van der Waals surface area contributed by atoms with Crippen LogP contribution in [-0.2, 0) is 24.5 Å². The van der Waals surface area contributed by atoms with Crippen LogP contribution in [0.4, 0.5) is 0 Å². The summed E-state index contributed by atoms with van der Waals surface area (Å²) in [4.78, 5) is 27.6. The van der Waals surface area contributed by atoms with Crippen molar-refractivity contribution >= 4 is 11.9 Å². The van der Waals surface area contributed by atoms with Gasteiger partial charge in [0.2, 0.25) is 11.8 Å². The van der Waals surface area contributed by atoms with E-state index in [1.54, 1.807) is 31.2 Å². The number of carbonyl (C=O) groups excluding carboxylic acids is 2. The fraction of sp³-hybridized carbons (Fsp3) is 0.316. The molecule has 1 aromatic carbocycles. The van der Waals surface area contributed by atoms with Gasteiger partial charge in [-0.05, 0) is 13.0 Å². The van der Waals surface area contributed by atoms with Gasteiger partial charge in [-0.15, -0.1) is 0 Å². The van der Waals surface area contributed by atoms with Gasteiger partial charge in [-0.2, -0.15) is 5.26 Å². The van der Waals surface area contributed by atoms with Crippen LogP contribution in [0.1, 0.15) is 12.5 Å². The maximum Gasteiger partial charge on any atom is 0.337 e. The summed E-state index contributed by atoms with van der Waals surface area (Å²) in [5, 5.41) is 9.78. The lowest BCUT2D eigenvalue weighted by molar-refractivity contribution is -0.142. The molecule has 8 nitrogen and oxygen atoms in total. The molecule has 0 fully saturated rings. The van der Waals surface area contributed by atoms with Crippen molar-refractivity contribution in [3.05, 3.63) is 52.6 Å². The smallest absolute Gasteiger partial charge is 0.337 e. The van der Waals surface area contributed by atoms with Gasteiger partial charge in [0, 0.05) is 25.4 Å². The number of carbonyl (C=O) groups is 2. The molecular formula is C19H19N3O5. The Morgan fingerprint density at radius 2 is 2.07 bits per heavy atom. The fourth-order valence-electron chi connectivity index (χ4n) is 3.52. The number of benzene rings is 1. The third-order valence-electron chi connectivity index (χ3n) is 4.83. The van der Waals surface area contributed by atoms with Crippen LogP contribution in [0.25, 0.3) is 0 Å². The Bertz CT molecular complexity index is 928. The molecule has 0 saturated heterocycles. The van der Waals surface area contributed by atoms with Gasteiger partial charge >= 0.3 is 5.97 Å². The summed E-state index contributed by atoms with van der Waals surface area (Å²) in [5.41, 5.74) is 4.96. The highest BCUT2D eigenvalue weighted by Gasteiger charge is 2.61. The molecule has 2 aliphatic rings. The Morgan fingerprint density at radius 3 is 2.74 bits per heavy atom. The average Bonchev–Trinajstić information content (AvgIpc) is 2.84. The number of esters is 1. The van der Waals surface area contributed by atoms with Crippen molar-refractivity contribution in [2.45, 2.75) is 12.3 Å². The van der Waals surface area contributed by atoms with Crippen molar-refractivity contribution in [3.8, 4) is 11.8 Å². The Morgan fingerprint density at radius 1 is 1.37 bits per heavy atom. The number of likely N-dealkylation sites (N-methyl/N-ethyl adjacent to an activating group) is 1. The van der Waals surface area contributed by atoms with Crippen molar-refractivity contribution in [3.63, 3.8) is 0 Å². The molecule has 0 bridgehead atoms. The number of para-hydroxylation sites is 1. The third-order valence-corrected chi connectivity index (χ3v) is 4.83. The van der Waals surface area contributed by atoms with E-state index in [2.05, 4.69) is 0 Å². The number of hydrogen-bond donors (Lipinski definition) is 1. The molecule has 3 rings (SSSR count). The Labute approximate surface area is 156 Å². The summed E-state index contributed by atoms with van der Waals surface area (Å²) < 4.78 is 15.7. The van der Waals surface area contributed by atoms with E-state index in [1.807, 2.05) is 6.07 Å². The van der Waals surface area contributed by atoms with Crippen LogP contribution in [-0.4, -0.2) is 44.1 Å². The number of nitriles is 1. The van der Waals surface area contributed by atoms with Crippen LogP contribution in [0.3, 0.4) is 0 Å². The van der Waals surface area contributed by atoms with Crippen LogP contribution < -0.4 is 10.5 Å².